The molecule has 0 aliphatic heterocycles. The van der Waals surface area contributed by atoms with E-state index in [-0.39, 0.29) is 0 Å². The zero-order valence-corrected chi connectivity index (χ0v) is 21.3. The topological polar surface area (TPSA) is 22.0 Å². The van der Waals surface area contributed by atoms with Crippen LogP contribution in [0.15, 0.2) is 134 Å². The van der Waals surface area contributed by atoms with Crippen LogP contribution >= 0.6 is 7.14 Å². The van der Waals surface area contributed by atoms with Crippen molar-refractivity contribution in [2.45, 2.75) is 0 Å². The first-order chi connectivity index (χ1) is 18.1. The average Bonchev–Trinajstić information content (AvgIpc) is 3.30. The van der Waals surface area contributed by atoms with E-state index in [4.69, 9.17) is 0 Å². The number of benzene rings is 5. The standard InChI is InChI=1S/C34H26NOP/c1-3-25-18-20-33-31(22-25)32-23-26(4-2)19-21-34(32)35(33)27-12-11-17-30(24-27)37(36,28-13-7-5-8-14-28)29-15-9-6-10-16-29/h3-24H,1-2H2. The van der Waals surface area contributed by atoms with E-state index in [2.05, 4.69) is 66.3 Å². The molecule has 6 rings (SSSR count). The smallest absolute Gasteiger partial charge is 0.171 e. The van der Waals surface area contributed by atoms with E-state index in [1.165, 1.54) is 0 Å². The van der Waals surface area contributed by atoms with Crippen LogP contribution in [0.3, 0.4) is 0 Å². The molecular weight excluding hydrogens is 469 g/mol. The van der Waals surface area contributed by atoms with Gasteiger partial charge in [-0.05, 0) is 47.5 Å². The molecule has 0 aliphatic rings. The van der Waals surface area contributed by atoms with Gasteiger partial charge in [-0.1, -0.05) is 110 Å². The van der Waals surface area contributed by atoms with E-state index in [0.717, 1.165) is 54.5 Å². The molecule has 0 atom stereocenters. The van der Waals surface area contributed by atoms with Crippen LogP contribution in [-0.4, -0.2) is 4.57 Å². The summed E-state index contributed by atoms with van der Waals surface area (Å²) in [4.78, 5) is 0. The molecule has 2 nitrogen and oxygen atoms in total. The Balaban J connectivity index is 1.64. The van der Waals surface area contributed by atoms with Crippen LogP contribution in [0.1, 0.15) is 11.1 Å². The minimum atomic E-state index is -3.09. The molecule has 0 N–H and O–H groups in total. The second-order valence-electron chi connectivity index (χ2n) is 9.10. The van der Waals surface area contributed by atoms with Crippen LogP contribution in [0.25, 0.3) is 39.6 Å². The van der Waals surface area contributed by atoms with Gasteiger partial charge in [0.2, 0.25) is 0 Å². The molecule has 178 valence electrons. The van der Waals surface area contributed by atoms with Gasteiger partial charge in [-0.2, -0.15) is 0 Å². The van der Waals surface area contributed by atoms with Crippen LogP contribution < -0.4 is 15.9 Å². The lowest BCUT2D eigenvalue weighted by molar-refractivity contribution is 0.592. The summed E-state index contributed by atoms with van der Waals surface area (Å²) in [6.07, 6.45) is 3.74. The highest BCUT2D eigenvalue weighted by atomic mass is 31.2. The molecule has 0 amide bonds. The summed E-state index contributed by atoms with van der Waals surface area (Å²) in [7, 11) is -3.09. The number of hydrogen-bond acceptors (Lipinski definition) is 1. The summed E-state index contributed by atoms with van der Waals surface area (Å²) in [6, 6.07) is 40.6. The lowest BCUT2D eigenvalue weighted by Gasteiger charge is -2.21. The Bertz CT molecular complexity index is 1720. The quantitative estimate of drug-likeness (QED) is 0.217. The second kappa shape index (κ2) is 9.24. The van der Waals surface area contributed by atoms with Gasteiger partial charge in [0.1, 0.15) is 0 Å². The van der Waals surface area contributed by atoms with E-state index >= 15 is 4.57 Å². The molecule has 3 heteroatoms. The van der Waals surface area contributed by atoms with E-state index in [9.17, 15) is 0 Å². The summed E-state index contributed by atoms with van der Waals surface area (Å²) in [5, 5.41) is 4.76. The van der Waals surface area contributed by atoms with Gasteiger partial charge in [0, 0.05) is 32.4 Å². The molecule has 0 spiro atoms. The van der Waals surface area contributed by atoms with Gasteiger partial charge < -0.3 is 9.13 Å². The lowest BCUT2D eigenvalue weighted by atomic mass is 10.1. The first-order valence-electron chi connectivity index (χ1n) is 12.3. The maximum Gasteiger partial charge on any atom is 0.171 e. The molecule has 37 heavy (non-hydrogen) atoms. The van der Waals surface area contributed by atoms with Gasteiger partial charge in [-0.15, -0.1) is 0 Å². The Hall–Kier alpha value is -4.39. The average molecular weight is 496 g/mol. The summed E-state index contributed by atoms with van der Waals surface area (Å²) in [5.41, 5.74) is 5.30. The summed E-state index contributed by atoms with van der Waals surface area (Å²) in [6.45, 7) is 7.92. The van der Waals surface area contributed by atoms with Gasteiger partial charge in [-0.25, -0.2) is 0 Å². The molecule has 0 saturated carbocycles. The van der Waals surface area contributed by atoms with Crippen molar-refractivity contribution in [3.05, 3.63) is 146 Å². The van der Waals surface area contributed by atoms with Crippen molar-refractivity contribution >= 4 is 57.0 Å². The Morgan fingerprint density at radius 3 is 1.51 bits per heavy atom. The third kappa shape index (κ3) is 3.78. The van der Waals surface area contributed by atoms with E-state index < -0.39 is 7.14 Å². The Kier molecular flexibility index (Phi) is 5.75. The summed E-state index contributed by atoms with van der Waals surface area (Å²) < 4.78 is 17.3. The van der Waals surface area contributed by atoms with Gasteiger partial charge in [0.15, 0.2) is 7.14 Å². The fraction of sp³-hybridized carbons (Fsp3) is 0. The molecule has 0 unspecified atom stereocenters. The molecule has 0 aliphatic carbocycles. The molecule has 1 heterocycles. The predicted molar refractivity (Wildman–Crippen MR) is 160 cm³/mol. The van der Waals surface area contributed by atoms with Crippen molar-refractivity contribution in [1.82, 2.24) is 4.57 Å². The number of rotatable bonds is 6. The second-order valence-corrected chi connectivity index (χ2v) is 11.9. The summed E-state index contributed by atoms with van der Waals surface area (Å²) >= 11 is 0. The highest BCUT2D eigenvalue weighted by molar-refractivity contribution is 7.85. The van der Waals surface area contributed by atoms with Gasteiger partial charge >= 0.3 is 0 Å². The molecule has 6 aromatic rings. The number of fused-ring (bicyclic) bond motifs is 3. The Labute approximate surface area is 217 Å². The van der Waals surface area contributed by atoms with Crippen LogP contribution in [0.5, 0.6) is 0 Å². The minimum absolute atomic E-state index is 0.808. The number of aromatic nitrogens is 1. The zero-order valence-electron chi connectivity index (χ0n) is 20.4. The molecule has 1 aromatic heterocycles. The van der Waals surface area contributed by atoms with E-state index in [1.54, 1.807) is 0 Å². The van der Waals surface area contributed by atoms with Gasteiger partial charge in [-0.3, -0.25) is 0 Å². The number of hydrogen-bond donors (Lipinski definition) is 0. The molecule has 0 fully saturated rings. The fourth-order valence-corrected chi connectivity index (χ4v) is 7.83. The number of nitrogens with zero attached hydrogens (tertiary/aromatic N) is 1. The zero-order chi connectivity index (χ0) is 25.4. The van der Waals surface area contributed by atoms with Gasteiger partial charge in [0.25, 0.3) is 0 Å². The molecule has 0 saturated heterocycles. The Morgan fingerprint density at radius 1 is 0.541 bits per heavy atom. The largest absolute Gasteiger partial charge is 0.309 e. The maximum atomic E-state index is 15.0. The van der Waals surface area contributed by atoms with Crippen molar-refractivity contribution in [2.75, 3.05) is 0 Å². The van der Waals surface area contributed by atoms with Gasteiger partial charge in [0.05, 0.1) is 11.0 Å². The van der Waals surface area contributed by atoms with Crippen molar-refractivity contribution in [1.29, 1.82) is 0 Å². The first kappa shape index (κ1) is 23.0. The van der Waals surface area contributed by atoms with Crippen molar-refractivity contribution in [2.24, 2.45) is 0 Å². The van der Waals surface area contributed by atoms with Crippen LogP contribution in [0, 0.1) is 0 Å². The van der Waals surface area contributed by atoms with Crippen LogP contribution in [0.4, 0.5) is 0 Å². The van der Waals surface area contributed by atoms with Crippen molar-refractivity contribution in [3.8, 4) is 5.69 Å². The van der Waals surface area contributed by atoms with E-state index in [1.807, 2.05) is 84.9 Å². The normalized spacial score (nSPS) is 11.6. The molecule has 5 aromatic carbocycles. The highest BCUT2D eigenvalue weighted by Crippen LogP contribution is 2.43. The first-order valence-corrected chi connectivity index (χ1v) is 14.0. The fourth-order valence-electron chi connectivity index (χ4n) is 5.14. The monoisotopic (exact) mass is 495 g/mol. The third-order valence-corrected chi connectivity index (χ3v) is 10.0. The molecule has 0 radical (unpaired) electrons. The molecule has 0 bridgehead atoms. The lowest BCUT2D eigenvalue weighted by Crippen LogP contribution is -2.25. The molecular formula is C34H26NOP. The Morgan fingerprint density at radius 2 is 1.03 bits per heavy atom. The highest BCUT2D eigenvalue weighted by Gasteiger charge is 2.30. The van der Waals surface area contributed by atoms with Crippen LogP contribution in [-0.2, 0) is 4.57 Å². The minimum Gasteiger partial charge on any atom is -0.309 e. The summed E-state index contributed by atoms with van der Waals surface area (Å²) in [5.74, 6) is 0. The van der Waals surface area contributed by atoms with E-state index in [0.29, 0.717) is 0 Å². The maximum absolute atomic E-state index is 15.0. The predicted octanol–water partition coefficient (Wildman–Crippen LogP) is 7.71. The third-order valence-electron chi connectivity index (χ3n) is 6.98. The van der Waals surface area contributed by atoms with Crippen LogP contribution in [0.2, 0.25) is 0 Å². The SMILES string of the molecule is C=Cc1ccc2c(c1)c1cc(C=C)ccc1n2-c1cccc(P(=O)(c2ccccc2)c2ccccc2)c1. The van der Waals surface area contributed by atoms with Crippen molar-refractivity contribution in [3.63, 3.8) is 0 Å². The van der Waals surface area contributed by atoms with Crippen molar-refractivity contribution < 1.29 is 4.57 Å².